The predicted octanol–water partition coefficient (Wildman–Crippen LogP) is 3.89. The molecule has 2 aromatic rings. The molecule has 0 atom stereocenters. The number of carbonyl (C=O) groups excluding carboxylic acids is 1. The van der Waals surface area contributed by atoms with Crippen molar-refractivity contribution in [3.05, 3.63) is 29.5 Å². The standard InChI is InChI=1S/C18H24N2O2/c1-12-15-11-14(22-3)9-10-16(15)19-17(12)18(21)20(2)13-7-5-4-6-8-13/h9-11,13,19H,4-8H2,1-3H3. The van der Waals surface area contributed by atoms with Gasteiger partial charge in [-0.25, -0.2) is 0 Å². The molecule has 1 aromatic heterocycles. The van der Waals surface area contributed by atoms with Crippen molar-refractivity contribution in [3.63, 3.8) is 0 Å². The van der Waals surface area contributed by atoms with Crippen LogP contribution in [0.3, 0.4) is 0 Å². The summed E-state index contributed by atoms with van der Waals surface area (Å²) in [6.45, 7) is 2.00. The lowest BCUT2D eigenvalue weighted by atomic mass is 9.94. The Kier molecular flexibility index (Phi) is 4.10. The van der Waals surface area contributed by atoms with Crippen LogP contribution in [-0.4, -0.2) is 36.0 Å². The molecule has 1 aromatic carbocycles. The molecule has 1 amide bonds. The van der Waals surface area contributed by atoms with E-state index in [-0.39, 0.29) is 5.91 Å². The van der Waals surface area contributed by atoms with E-state index in [2.05, 4.69) is 4.98 Å². The van der Waals surface area contributed by atoms with Crippen LogP contribution in [0.25, 0.3) is 10.9 Å². The molecule has 1 saturated carbocycles. The van der Waals surface area contributed by atoms with Crippen molar-refractivity contribution in [2.24, 2.45) is 0 Å². The zero-order valence-electron chi connectivity index (χ0n) is 13.6. The lowest BCUT2D eigenvalue weighted by Gasteiger charge is -2.31. The number of benzene rings is 1. The van der Waals surface area contributed by atoms with Crippen LogP contribution in [0, 0.1) is 6.92 Å². The number of ether oxygens (including phenoxy) is 1. The normalized spacial score (nSPS) is 16.0. The second kappa shape index (κ2) is 6.03. The van der Waals surface area contributed by atoms with Gasteiger partial charge in [-0.1, -0.05) is 19.3 Å². The molecule has 118 valence electrons. The number of fused-ring (bicyclic) bond motifs is 1. The number of amides is 1. The van der Waals surface area contributed by atoms with Gasteiger partial charge in [0.1, 0.15) is 11.4 Å². The Hall–Kier alpha value is -1.97. The molecule has 3 rings (SSSR count). The number of hydrogen-bond acceptors (Lipinski definition) is 2. The Morgan fingerprint density at radius 3 is 2.68 bits per heavy atom. The summed E-state index contributed by atoms with van der Waals surface area (Å²) in [4.78, 5) is 18.1. The van der Waals surface area contributed by atoms with E-state index in [1.165, 1.54) is 19.3 Å². The van der Waals surface area contributed by atoms with Crippen molar-refractivity contribution in [3.8, 4) is 5.75 Å². The smallest absolute Gasteiger partial charge is 0.270 e. The third kappa shape index (κ3) is 2.58. The van der Waals surface area contributed by atoms with Gasteiger partial charge in [0, 0.05) is 24.0 Å². The Morgan fingerprint density at radius 1 is 1.27 bits per heavy atom. The quantitative estimate of drug-likeness (QED) is 0.934. The minimum Gasteiger partial charge on any atom is -0.497 e. The molecule has 0 spiro atoms. The summed E-state index contributed by atoms with van der Waals surface area (Å²) >= 11 is 0. The van der Waals surface area contributed by atoms with Crippen LogP contribution in [0.1, 0.15) is 48.2 Å². The van der Waals surface area contributed by atoms with Gasteiger partial charge in [0.2, 0.25) is 0 Å². The molecule has 1 aliphatic rings. The lowest BCUT2D eigenvalue weighted by molar-refractivity contribution is 0.0690. The molecule has 0 unspecified atom stereocenters. The van der Waals surface area contributed by atoms with E-state index < -0.39 is 0 Å². The summed E-state index contributed by atoms with van der Waals surface area (Å²) in [5, 5.41) is 1.06. The number of rotatable bonds is 3. The lowest BCUT2D eigenvalue weighted by Crippen LogP contribution is -2.38. The Bertz CT molecular complexity index is 684. The van der Waals surface area contributed by atoms with Gasteiger partial charge in [0.25, 0.3) is 5.91 Å². The van der Waals surface area contributed by atoms with Gasteiger partial charge in [-0.3, -0.25) is 4.79 Å². The predicted molar refractivity (Wildman–Crippen MR) is 88.6 cm³/mol. The molecular formula is C18H24N2O2. The van der Waals surface area contributed by atoms with Crippen LogP contribution >= 0.6 is 0 Å². The first kappa shape index (κ1) is 14.9. The van der Waals surface area contributed by atoms with E-state index in [1.807, 2.05) is 37.1 Å². The van der Waals surface area contributed by atoms with Crippen LogP contribution in [0.15, 0.2) is 18.2 Å². The number of carbonyl (C=O) groups is 1. The maximum Gasteiger partial charge on any atom is 0.270 e. The van der Waals surface area contributed by atoms with E-state index in [0.29, 0.717) is 11.7 Å². The minimum absolute atomic E-state index is 0.0968. The summed E-state index contributed by atoms with van der Waals surface area (Å²) in [6.07, 6.45) is 5.99. The number of H-pyrrole nitrogens is 1. The maximum atomic E-state index is 12.9. The van der Waals surface area contributed by atoms with E-state index in [9.17, 15) is 4.79 Å². The monoisotopic (exact) mass is 300 g/mol. The second-order valence-electron chi connectivity index (χ2n) is 6.24. The summed E-state index contributed by atoms with van der Waals surface area (Å²) in [6, 6.07) is 6.25. The van der Waals surface area contributed by atoms with E-state index in [0.717, 1.165) is 35.1 Å². The number of aromatic nitrogens is 1. The van der Waals surface area contributed by atoms with Gasteiger partial charge in [0.05, 0.1) is 7.11 Å². The molecule has 22 heavy (non-hydrogen) atoms. The SMILES string of the molecule is COc1ccc2[nH]c(C(=O)N(C)C3CCCCC3)c(C)c2c1. The highest BCUT2D eigenvalue weighted by atomic mass is 16.5. The Labute approximate surface area is 131 Å². The van der Waals surface area contributed by atoms with Crippen LogP contribution in [0.5, 0.6) is 5.75 Å². The van der Waals surface area contributed by atoms with Gasteiger partial charge in [0.15, 0.2) is 0 Å². The first-order valence-corrected chi connectivity index (χ1v) is 8.05. The van der Waals surface area contributed by atoms with Crippen LogP contribution < -0.4 is 4.74 Å². The van der Waals surface area contributed by atoms with E-state index in [1.54, 1.807) is 7.11 Å². The number of nitrogens with zero attached hydrogens (tertiary/aromatic N) is 1. The average molecular weight is 300 g/mol. The summed E-state index contributed by atoms with van der Waals surface area (Å²) in [5.74, 6) is 0.911. The summed E-state index contributed by atoms with van der Waals surface area (Å²) in [7, 11) is 3.59. The van der Waals surface area contributed by atoms with Crippen LogP contribution in [-0.2, 0) is 0 Å². The molecule has 0 bridgehead atoms. The minimum atomic E-state index is 0.0968. The first-order valence-electron chi connectivity index (χ1n) is 8.05. The highest BCUT2D eigenvalue weighted by Gasteiger charge is 2.25. The van der Waals surface area contributed by atoms with E-state index >= 15 is 0 Å². The molecule has 0 saturated heterocycles. The van der Waals surface area contributed by atoms with Crippen LogP contribution in [0.4, 0.5) is 0 Å². The molecule has 1 heterocycles. The molecule has 0 aliphatic heterocycles. The number of hydrogen-bond donors (Lipinski definition) is 1. The van der Waals surface area contributed by atoms with E-state index in [4.69, 9.17) is 4.74 Å². The number of nitrogens with one attached hydrogen (secondary N) is 1. The molecule has 1 aliphatic carbocycles. The Balaban J connectivity index is 1.91. The van der Waals surface area contributed by atoms with Crippen molar-refractivity contribution in [1.29, 1.82) is 0 Å². The third-order valence-electron chi connectivity index (χ3n) is 4.92. The zero-order chi connectivity index (χ0) is 15.7. The topological polar surface area (TPSA) is 45.3 Å². The Morgan fingerprint density at radius 2 is 2.00 bits per heavy atom. The number of aryl methyl sites for hydroxylation is 1. The average Bonchev–Trinajstić information content (AvgIpc) is 2.90. The zero-order valence-corrected chi connectivity index (χ0v) is 13.6. The van der Waals surface area contributed by atoms with Crippen molar-refractivity contribution < 1.29 is 9.53 Å². The fourth-order valence-electron chi connectivity index (χ4n) is 3.46. The largest absolute Gasteiger partial charge is 0.497 e. The molecule has 1 N–H and O–H groups in total. The molecule has 4 heteroatoms. The molecular weight excluding hydrogens is 276 g/mol. The second-order valence-corrected chi connectivity index (χ2v) is 6.24. The van der Waals surface area contributed by atoms with Crippen molar-refractivity contribution in [2.75, 3.05) is 14.2 Å². The maximum absolute atomic E-state index is 12.9. The fourth-order valence-corrected chi connectivity index (χ4v) is 3.46. The fraction of sp³-hybridized carbons (Fsp3) is 0.500. The van der Waals surface area contributed by atoms with Gasteiger partial charge in [-0.2, -0.15) is 0 Å². The first-order chi connectivity index (χ1) is 10.6. The molecule has 0 radical (unpaired) electrons. The highest BCUT2D eigenvalue weighted by Crippen LogP contribution is 2.28. The molecule has 1 fully saturated rings. The molecule has 4 nitrogen and oxygen atoms in total. The number of methoxy groups -OCH3 is 1. The number of aromatic amines is 1. The van der Waals surface area contributed by atoms with Gasteiger partial charge in [-0.15, -0.1) is 0 Å². The highest BCUT2D eigenvalue weighted by molar-refractivity contribution is 6.01. The van der Waals surface area contributed by atoms with Gasteiger partial charge in [-0.05, 0) is 43.5 Å². The summed E-state index contributed by atoms with van der Waals surface area (Å²) in [5.41, 5.74) is 2.69. The van der Waals surface area contributed by atoms with Crippen molar-refractivity contribution in [1.82, 2.24) is 9.88 Å². The van der Waals surface area contributed by atoms with Crippen molar-refractivity contribution >= 4 is 16.8 Å². The van der Waals surface area contributed by atoms with Crippen LogP contribution in [0.2, 0.25) is 0 Å². The van der Waals surface area contributed by atoms with Gasteiger partial charge < -0.3 is 14.6 Å². The van der Waals surface area contributed by atoms with Crippen molar-refractivity contribution in [2.45, 2.75) is 45.1 Å². The summed E-state index contributed by atoms with van der Waals surface area (Å²) < 4.78 is 5.28. The van der Waals surface area contributed by atoms with Gasteiger partial charge >= 0.3 is 0 Å². The third-order valence-corrected chi connectivity index (χ3v) is 4.92.